The number of aromatic nitrogens is 2. The van der Waals surface area contributed by atoms with Crippen LogP contribution in [0.2, 0.25) is 0 Å². The molecular formula is C19H26N4OS. The average Bonchev–Trinajstić information content (AvgIpc) is 3.00. The van der Waals surface area contributed by atoms with E-state index in [-0.39, 0.29) is 11.9 Å². The van der Waals surface area contributed by atoms with Crippen LogP contribution in [-0.2, 0) is 6.54 Å². The van der Waals surface area contributed by atoms with E-state index in [0.29, 0.717) is 5.92 Å². The number of hydrogen-bond donors (Lipinski definition) is 1. The van der Waals surface area contributed by atoms with Crippen LogP contribution in [0.5, 0.6) is 0 Å². The number of nitrogens with zero attached hydrogens (tertiary/aromatic N) is 3. The molecule has 1 fully saturated rings. The Bertz CT molecular complexity index is 705. The van der Waals surface area contributed by atoms with Crippen LogP contribution in [0, 0.1) is 6.92 Å². The van der Waals surface area contributed by atoms with Gasteiger partial charge in [-0.3, -0.25) is 14.7 Å². The van der Waals surface area contributed by atoms with E-state index < -0.39 is 0 Å². The molecule has 25 heavy (non-hydrogen) atoms. The Kier molecular flexibility index (Phi) is 5.81. The van der Waals surface area contributed by atoms with Crippen molar-refractivity contribution in [3.8, 4) is 0 Å². The predicted molar refractivity (Wildman–Crippen MR) is 101 cm³/mol. The van der Waals surface area contributed by atoms with Crippen LogP contribution in [0.4, 0.5) is 0 Å². The van der Waals surface area contributed by atoms with Crippen LogP contribution in [-0.4, -0.2) is 39.9 Å². The largest absolute Gasteiger partial charge is 0.348 e. The average molecular weight is 359 g/mol. The quantitative estimate of drug-likeness (QED) is 0.890. The third-order valence-corrected chi connectivity index (χ3v) is 6.00. The van der Waals surface area contributed by atoms with E-state index in [1.54, 1.807) is 0 Å². The summed E-state index contributed by atoms with van der Waals surface area (Å²) in [6.07, 6.45) is 3.80. The number of rotatable bonds is 5. The molecule has 1 aliphatic heterocycles. The molecule has 1 amide bonds. The van der Waals surface area contributed by atoms with Crippen molar-refractivity contribution in [2.24, 2.45) is 0 Å². The highest BCUT2D eigenvalue weighted by molar-refractivity contribution is 7.13. The van der Waals surface area contributed by atoms with Crippen molar-refractivity contribution in [1.82, 2.24) is 20.2 Å². The summed E-state index contributed by atoms with van der Waals surface area (Å²) < 4.78 is 0. The number of carbonyl (C=O) groups is 1. The molecule has 0 spiro atoms. The number of piperidine rings is 1. The van der Waals surface area contributed by atoms with Crippen molar-refractivity contribution in [2.75, 3.05) is 13.1 Å². The summed E-state index contributed by atoms with van der Waals surface area (Å²) >= 11 is 1.52. The van der Waals surface area contributed by atoms with E-state index in [4.69, 9.17) is 0 Å². The SMILES string of the molecule is Cc1nc(C(C)C)sc1C(=O)NC1CCN(Cc2ccccn2)CC1. The van der Waals surface area contributed by atoms with Crippen LogP contribution in [0.15, 0.2) is 24.4 Å². The van der Waals surface area contributed by atoms with Crippen LogP contribution < -0.4 is 5.32 Å². The molecule has 0 aromatic carbocycles. The van der Waals surface area contributed by atoms with Crippen LogP contribution in [0.3, 0.4) is 0 Å². The van der Waals surface area contributed by atoms with E-state index in [2.05, 4.69) is 40.1 Å². The Labute approximate surface area is 153 Å². The second-order valence-electron chi connectivity index (χ2n) is 6.97. The first-order chi connectivity index (χ1) is 12.0. The highest BCUT2D eigenvalue weighted by Crippen LogP contribution is 2.25. The number of carbonyl (C=O) groups excluding carboxylic acids is 1. The van der Waals surface area contributed by atoms with Gasteiger partial charge in [-0.2, -0.15) is 0 Å². The third kappa shape index (κ3) is 4.64. The molecule has 2 aromatic rings. The molecule has 2 aromatic heterocycles. The number of hydrogen-bond acceptors (Lipinski definition) is 5. The van der Waals surface area contributed by atoms with Crippen LogP contribution in [0.25, 0.3) is 0 Å². The number of likely N-dealkylation sites (tertiary alicyclic amines) is 1. The lowest BCUT2D eigenvalue weighted by Gasteiger charge is -2.32. The van der Waals surface area contributed by atoms with Gasteiger partial charge >= 0.3 is 0 Å². The van der Waals surface area contributed by atoms with Gasteiger partial charge in [0.25, 0.3) is 5.91 Å². The smallest absolute Gasteiger partial charge is 0.263 e. The molecule has 1 saturated heterocycles. The fraction of sp³-hybridized carbons (Fsp3) is 0.526. The molecule has 3 heterocycles. The minimum absolute atomic E-state index is 0.0325. The van der Waals surface area contributed by atoms with E-state index in [1.807, 2.05) is 25.3 Å². The first-order valence-corrected chi connectivity index (χ1v) is 9.75. The molecule has 0 bridgehead atoms. The minimum Gasteiger partial charge on any atom is -0.348 e. The first kappa shape index (κ1) is 18.0. The molecular weight excluding hydrogens is 332 g/mol. The first-order valence-electron chi connectivity index (χ1n) is 8.93. The Hall–Kier alpha value is -1.79. The fourth-order valence-electron chi connectivity index (χ4n) is 3.08. The van der Waals surface area contributed by atoms with Gasteiger partial charge in [0.15, 0.2) is 0 Å². The molecule has 0 saturated carbocycles. The van der Waals surface area contributed by atoms with Crippen molar-refractivity contribution in [3.05, 3.63) is 45.7 Å². The van der Waals surface area contributed by atoms with E-state index in [9.17, 15) is 4.79 Å². The van der Waals surface area contributed by atoms with Crippen LogP contribution in [0.1, 0.15) is 58.7 Å². The topological polar surface area (TPSA) is 58.1 Å². The van der Waals surface area contributed by atoms with Crippen molar-refractivity contribution in [2.45, 2.75) is 52.1 Å². The summed E-state index contributed by atoms with van der Waals surface area (Å²) in [6, 6.07) is 6.28. The molecule has 6 heteroatoms. The normalized spacial score (nSPS) is 16.3. The Morgan fingerprint density at radius 1 is 1.36 bits per heavy atom. The third-order valence-electron chi connectivity index (χ3n) is 4.55. The van der Waals surface area contributed by atoms with E-state index in [1.165, 1.54) is 11.3 Å². The lowest BCUT2D eigenvalue weighted by Crippen LogP contribution is -2.44. The molecule has 5 nitrogen and oxygen atoms in total. The Morgan fingerprint density at radius 2 is 2.12 bits per heavy atom. The second kappa shape index (κ2) is 8.06. The number of thiazole rings is 1. The predicted octanol–water partition coefficient (Wildman–Crippen LogP) is 3.36. The van der Waals surface area contributed by atoms with Gasteiger partial charge < -0.3 is 5.32 Å². The maximum atomic E-state index is 12.6. The summed E-state index contributed by atoms with van der Waals surface area (Å²) in [6.45, 7) is 9.00. The number of pyridine rings is 1. The van der Waals surface area contributed by atoms with E-state index in [0.717, 1.165) is 53.7 Å². The minimum atomic E-state index is 0.0325. The van der Waals surface area contributed by atoms with Gasteiger partial charge in [0, 0.05) is 37.8 Å². The van der Waals surface area contributed by atoms with Crippen molar-refractivity contribution < 1.29 is 4.79 Å². The summed E-state index contributed by atoms with van der Waals surface area (Å²) in [5.41, 5.74) is 1.95. The van der Waals surface area contributed by atoms with Crippen molar-refractivity contribution in [1.29, 1.82) is 0 Å². The number of amides is 1. The lowest BCUT2D eigenvalue weighted by molar-refractivity contribution is 0.0912. The zero-order valence-electron chi connectivity index (χ0n) is 15.2. The Balaban J connectivity index is 1.51. The number of aryl methyl sites for hydroxylation is 1. The van der Waals surface area contributed by atoms with Gasteiger partial charge in [-0.1, -0.05) is 19.9 Å². The fourth-order valence-corrected chi connectivity index (χ4v) is 4.05. The monoisotopic (exact) mass is 358 g/mol. The maximum absolute atomic E-state index is 12.6. The molecule has 1 N–H and O–H groups in total. The molecule has 134 valence electrons. The summed E-state index contributed by atoms with van der Waals surface area (Å²) in [5.74, 6) is 0.394. The highest BCUT2D eigenvalue weighted by atomic mass is 32.1. The van der Waals surface area contributed by atoms with Gasteiger partial charge in [0.05, 0.1) is 16.4 Å². The van der Waals surface area contributed by atoms with Gasteiger partial charge in [-0.25, -0.2) is 4.98 Å². The summed E-state index contributed by atoms with van der Waals surface area (Å²) in [4.78, 5) is 24.7. The molecule has 0 unspecified atom stereocenters. The zero-order chi connectivity index (χ0) is 17.8. The standard InChI is InChI=1S/C19H26N4OS/c1-13(2)19-21-14(3)17(25-19)18(24)22-15-7-10-23(11-8-15)12-16-6-4-5-9-20-16/h4-6,9,13,15H,7-8,10-12H2,1-3H3,(H,22,24). The molecule has 0 aliphatic carbocycles. The number of nitrogens with one attached hydrogen (secondary N) is 1. The highest BCUT2D eigenvalue weighted by Gasteiger charge is 2.23. The van der Waals surface area contributed by atoms with Crippen molar-refractivity contribution >= 4 is 17.2 Å². The molecule has 3 rings (SSSR count). The van der Waals surface area contributed by atoms with E-state index >= 15 is 0 Å². The Morgan fingerprint density at radius 3 is 2.72 bits per heavy atom. The van der Waals surface area contributed by atoms with Gasteiger partial charge in [-0.15, -0.1) is 11.3 Å². The summed E-state index contributed by atoms with van der Waals surface area (Å²) in [5, 5.41) is 4.24. The second-order valence-corrected chi connectivity index (χ2v) is 8.00. The summed E-state index contributed by atoms with van der Waals surface area (Å²) in [7, 11) is 0. The molecule has 0 atom stereocenters. The zero-order valence-corrected chi connectivity index (χ0v) is 16.0. The lowest BCUT2D eigenvalue weighted by atomic mass is 10.0. The van der Waals surface area contributed by atoms with Crippen molar-refractivity contribution in [3.63, 3.8) is 0 Å². The van der Waals surface area contributed by atoms with Crippen LogP contribution >= 0.6 is 11.3 Å². The van der Waals surface area contributed by atoms with Gasteiger partial charge in [0.2, 0.25) is 0 Å². The van der Waals surface area contributed by atoms with Gasteiger partial charge in [0.1, 0.15) is 4.88 Å². The molecule has 0 radical (unpaired) electrons. The van der Waals surface area contributed by atoms with Gasteiger partial charge in [-0.05, 0) is 31.9 Å². The maximum Gasteiger partial charge on any atom is 0.263 e. The molecule has 1 aliphatic rings.